The Hall–Kier alpha value is -2.12. The third-order valence-electron chi connectivity index (χ3n) is 2.61. The van der Waals surface area contributed by atoms with Gasteiger partial charge < -0.3 is 9.57 Å². The molecule has 110 valence electrons. The topological polar surface area (TPSA) is 122 Å². The fourth-order valence-electron chi connectivity index (χ4n) is 1.55. The maximum atomic E-state index is 11.5. The Kier molecular flexibility index (Phi) is 6.48. The van der Waals surface area contributed by atoms with Gasteiger partial charge in [0, 0.05) is 24.3 Å². The molecule has 0 aliphatic carbocycles. The largest absolute Gasteiger partial charge is 0.378 e. The maximum absolute atomic E-state index is 11.5. The smallest absolute Gasteiger partial charge is 0.333 e. The highest BCUT2D eigenvalue weighted by Gasteiger charge is 2.32. The van der Waals surface area contributed by atoms with Crippen molar-refractivity contribution in [2.75, 3.05) is 13.2 Å². The quantitative estimate of drug-likeness (QED) is 0.217. The number of ether oxygens (including phenoxy) is 1. The van der Waals surface area contributed by atoms with E-state index in [1.807, 2.05) is 0 Å². The Morgan fingerprint density at radius 2 is 2.10 bits per heavy atom. The molecule has 0 bridgehead atoms. The van der Waals surface area contributed by atoms with Crippen molar-refractivity contribution in [1.29, 1.82) is 0 Å². The molecule has 20 heavy (non-hydrogen) atoms. The highest BCUT2D eigenvalue weighted by molar-refractivity contribution is 6.01. The second-order valence-corrected chi connectivity index (χ2v) is 4.22. The van der Waals surface area contributed by atoms with Crippen molar-refractivity contribution in [3.8, 4) is 0 Å². The first-order chi connectivity index (χ1) is 9.54. The van der Waals surface area contributed by atoms with Crippen LogP contribution in [0.4, 0.5) is 0 Å². The molecule has 1 atom stereocenters. The van der Waals surface area contributed by atoms with E-state index in [0.717, 1.165) is 0 Å². The van der Waals surface area contributed by atoms with Gasteiger partial charge in [-0.15, -0.1) is 5.06 Å². The summed E-state index contributed by atoms with van der Waals surface area (Å²) in [7, 11) is 0. The van der Waals surface area contributed by atoms with E-state index in [9.17, 15) is 14.4 Å². The van der Waals surface area contributed by atoms with E-state index < -0.39 is 17.8 Å². The molecule has 0 aromatic carbocycles. The third-order valence-corrected chi connectivity index (χ3v) is 2.61. The summed E-state index contributed by atoms with van der Waals surface area (Å²) in [6.45, 7) is 2.25. The summed E-state index contributed by atoms with van der Waals surface area (Å²) in [5.41, 5.74) is 8.07. The van der Waals surface area contributed by atoms with E-state index in [4.69, 9.17) is 15.1 Å². The van der Waals surface area contributed by atoms with Crippen LogP contribution in [0.25, 0.3) is 10.4 Å². The Morgan fingerprint density at radius 1 is 1.45 bits per heavy atom. The average molecular weight is 284 g/mol. The SMILES string of the molecule is CC(CCC(=O)ON1C(=O)CCC1=O)OCCN=[N+]=[N-]. The maximum Gasteiger partial charge on any atom is 0.333 e. The summed E-state index contributed by atoms with van der Waals surface area (Å²) in [6, 6.07) is 0. The zero-order valence-electron chi connectivity index (χ0n) is 11.2. The normalized spacial score (nSPS) is 15.9. The van der Waals surface area contributed by atoms with Gasteiger partial charge in [0.15, 0.2) is 0 Å². The van der Waals surface area contributed by atoms with E-state index >= 15 is 0 Å². The summed E-state index contributed by atoms with van der Waals surface area (Å²) < 4.78 is 5.29. The zero-order chi connectivity index (χ0) is 15.0. The molecule has 0 N–H and O–H groups in total. The molecule has 0 radical (unpaired) electrons. The number of nitrogens with zero attached hydrogens (tertiary/aromatic N) is 4. The lowest BCUT2D eigenvalue weighted by Crippen LogP contribution is -2.32. The molecule has 9 heteroatoms. The summed E-state index contributed by atoms with van der Waals surface area (Å²) in [5.74, 6) is -1.65. The molecule has 0 saturated carbocycles. The summed E-state index contributed by atoms with van der Waals surface area (Å²) in [6.07, 6.45) is 0.336. The molecule has 0 spiro atoms. The van der Waals surface area contributed by atoms with E-state index in [1.54, 1.807) is 6.92 Å². The van der Waals surface area contributed by atoms with Gasteiger partial charge in [-0.05, 0) is 18.9 Å². The molecule has 1 saturated heterocycles. The van der Waals surface area contributed by atoms with Gasteiger partial charge in [0.1, 0.15) is 0 Å². The number of carbonyl (C=O) groups is 3. The second kappa shape index (κ2) is 8.13. The van der Waals surface area contributed by atoms with Gasteiger partial charge >= 0.3 is 5.97 Å². The summed E-state index contributed by atoms with van der Waals surface area (Å²) in [5, 5.41) is 3.83. The minimum atomic E-state index is -0.654. The van der Waals surface area contributed by atoms with Crippen molar-refractivity contribution >= 4 is 17.8 Å². The first kappa shape index (κ1) is 15.9. The molecule has 1 heterocycles. The monoisotopic (exact) mass is 284 g/mol. The van der Waals surface area contributed by atoms with Crippen molar-refractivity contribution < 1.29 is 24.0 Å². The van der Waals surface area contributed by atoms with Gasteiger partial charge in [-0.1, -0.05) is 5.11 Å². The van der Waals surface area contributed by atoms with E-state index in [-0.39, 0.29) is 38.5 Å². The number of hydrogen-bond donors (Lipinski definition) is 0. The lowest BCUT2D eigenvalue weighted by molar-refractivity contribution is -0.197. The van der Waals surface area contributed by atoms with Gasteiger partial charge in [0.05, 0.1) is 19.1 Å². The Morgan fingerprint density at radius 3 is 2.70 bits per heavy atom. The van der Waals surface area contributed by atoms with Crippen molar-refractivity contribution in [3.05, 3.63) is 10.4 Å². The molecular weight excluding hydrogens is 268 g/mol. The molecule has 0 aromatic heterocycles. The highest BCUT2D eigenvalue weighted by atomic mass is 16.7. The highest BCUT2D eigenvalue weighted by Crippen LogP contribution is 2.13. The van der Waals surface area contributed by atoms with Crippen LogP contribution in [0.15, 0.2) is 5.11 Å². The van der Waals surface area contributed by atoms with Crippen molar-refractivity contribution in [2.45, 2.75) is 38.7 Å². The van der Waals surface area contributed by atoms with Gasteiger partial charge in [0.25, 0.3) is 11.8 Å². The van der Waals surface area contributed by atoms with Crippen LogP contribution in [0.5, 0.6) is 0 Å². The first-order valence-electron chi connectivity index (χ1n) is 6.23. The lowest BCUT2D eigenvalue weighted by Gasteiger charge is -2.14. The minimum absolute atomic E-state index is 0.0275. The van der Waals surface area contributed by atoms with E-state index in [0.29, 0.717) is 11.5 Å². The number of amides is 2. The number of rotatable bonds is 8. The van der Waals surface area contributed by atoms with E-state index in [1.165, 1.54) is 0 Å². The predicted molar refractivity (Wildman–Crippen MR) is 65.8 cm³/mol. The number of azide groups is 1. The molecule has 1 aliphatic heterocycles. The van der Waals surface area contributed by atoms with Crippen molar-refractivity contribution in [2.24, 2.45) is 5.11 Å². The first-order valence-corrected chi connectivity index (χ1v) is 6.23. The third kappa shape index (κ3) is 5.25. The van der Waals surface area contributed by atoms with Crippen LogP contribution in [0.3, 0.4) is 0 Å². The predicted octanol–water partition coefficient (Wildman–Crippen LogP) is 1.09. The van der Waals surface area contributed by atoms with Crippen LogP contribution < -0.4 is 0 Å². The number of carbonyl (C=O) groups excluding carboxylic acids is 3. The van der Waals surface area contributed by atoms with Crippen molar-refractivity contribution in [3.63, 3.8) is 0 Å². The molecule has 2 amide bonds. The molecule has 1 fully saturated rings. The van der Waals surface area contributed by atoms with Crippen LogP contribution in [0.2, 0.25) is 0 Å². The molecular formula is C11H16N4O5. The number of imide groups is 1. The fourth-order valence-corrected chi connectivity index (χ4v) is 1.55. The summed E-state index contributed by atoms with van der Waals surface area (Å²) >= 11 is 0. The van der Waals surface area contributed by atoms with Gasteiger partial charge in [0.2, 0.25) is 0 Å². The molecule has 9 nitrogen and oxygen atoms in total. The molecule has 1 unspecified atom stereocenters. The van der Waals surface area contributed by atoms with Crippen LogP contribution in [-0.2, 0) is 24.0 Å². The van der Waals surface area contributed by atoms with Crippen LogP contribution in [-0.4, -0.2) is 42.1 Å². The molecule has 1 rings (SSSR count). The van der Waals surface area contributed by atoms with Crippen LogP contribution >= 0.6 is 0 Å². The minimum Gasteiger partial charge on any atom is -0.378 e. The standard InChI is InChI=1S/C11H16N4O5/c1-8(19-7-6-13-14-12)2-5-11(18)20-15-9(16)3-4-10(15)17/h8H,2-7H2,1H3. The Labute approximate surface area is 115 Å². The van der Waals surface area contributed by atoms with Gasteiger partial charge in [-0.3, -0.25) is 9.59 Å². The van der Waals surface area contributed by atoms with E-state index in [2.05, 4.69) is 10.0 Å². The van der Waals surface area contributed by atoms with Crippen LogP contribution in [0, 0.1) is 0 Å². The zero-order valence-corrected chi connectivity index (χ0v) is 11.2. The van der Waals surface area contributed by atoms with Crippen molar-refractivity contribution in [1.82, 2.24) is 5.06 Å². The van der Waals surface area contributed by atoms with Gasteiger partial charge in [-0.2, -0.15) is 0 Å². The second-order valence-electron chi connectivity index (χ2n) is 4.22. The molecule has 0 aromatic rings. The van der Waals surface area contributed by atoms with Gasteiger partial charge in [-0.25, -0.2) is 4.79 Å². The lowest BCUT2D eigenvalue weighted by atomic mass is 10.2. The summed E-state index contributed by atoms with van der Waals surface area (Å²) in [4.78, 5) is 41.2. The molecule has 1 aliphatic rings. The Balaban J connectivity index is 2.20. The fraction of sp³-hybridized carbons (Fsp3) is 0.727. The number of hydrogen-bond acceptors (Lipinski definition) is 6. The Bertz CT molecular complexity index is 417. The average Bonchev–Trinajstić information content (AvgIpc) is 2.73. The number of hydroxylamine groups is 2. The van der Waals surface area contributed by atoms with Crippen LogP contribution in [0.1, 0.15) is 32.6 Å².